The Morgan fingerprint density at radius 1 is 1.32 bits per heavy atom. The van der Waals surface area contributed by atoms with Crippen LogP contribution in [0.25, 0.3) is 0 Å². The van der Waals surface area contributed by atoms with Crippen molar-refractivity contribution < 1.29 is 13.2 Å². The molecule has 9 nitrogen and oxygen atoms in total. The van der Waals surface area contributed by atoms with Crippen molar-refractivity contribution >= 4 is 27.4 Å². The second kappa shape index (κ2) is 7.08. The summed E-state index contributed by atoms with van der Waals surface area (Å²) in [7, 11) is -3.65. The highest BCUT2D eigenvalue weighted by molar-refractivity contribution is 7.90. The van der Waals surface area contributed by atoms with Crippen molar-refractivity contribution in [2.24, 2.45) is 22.2 Å². The first kappa shape index (κ1) is 18.7. The molecule has 2 rings (SSSR count). The molecule has 0 saturated carbocycles. The second-order valence-electron chi connectivity index (χ2n) is 5.92. The smallest absolute Gasteiger partial charge is 0.281 e. The van der Waals surface area contributed by atoms with Gasteiger partial charge in [0, 0.05) is 25.4 Å². The maximum Gasteiger partial charge on any atom is 0.281 e. The molecule has 1 aliphatic heterocycles. The number of hydrogen-bond donors (Lipinski definition) is 3. The number of hydrogen-bond acceptors (Lipinski definition) is 6. The Balaban J connectivity index is 2.63. The number of nitrogens with two attached hydrogens (primary N) is 3. The second-order valence-corrected chi connectivity index (χ2v) is 7.90. The first-order valence-electron chi connectivity index (χ1n) is 7.56. The Morgan fingerprint density at radius 2 is 1.92 bits per heavy atom. The van der Waals surface area contributed by atoms with E-state index in [-0.39, 0.29) is 22.1 Å². The third-order valence-electron chi connectivity index (χ3n) is 3.96. The first-order chi connectivity index (χ1) is 11.6. The monoisotopic (exact) mass is 364 g/mol. The van der Waals surface area contributed by atoms with E-state index in [0.29, 0.717) is 31.6 Å². The fourth-order valence-corrected chi connectivity index (χ4v) is 3.60. The van der Waals surface area contributed by atoms with Crippen LogP contribution in [0.3, 0.4) is 0 Å². The van der Waals surface area contributed by atoms with Crippen LogP contribution in [-0.4, -0.2) is 45.7 Å². The van der Waals surface area contributed by atoms with Crippen molar-refractivity contribution in [2.75, 3.05) is 24.2 Å². The summed E-state index contributed by atoms with van der Waals surface area (Å²) < 4.78 is 24.5. The number of nitrogens with zero attached hydrogens (tertiary/aromatic N) is 3. The molecule has 1 aromatic rings. The molecule has 0 aliphatic carbocycles. The Kier molecular flexibility index (Phi) is 5.30. The molecule has 10 heteroatoms. The van der Waals surface area contributed by atoms with Gasteiger partial charge in [-0.2, -0.15) is 10.3 Å². The number of amides is 1. The fraction of sp³-hybridized carbons (Fsp3) is 0.400. The molecule has 1 amide bonds. The summed E-state index contributed by atoms with van der Waals surface area (Å²) in [5.74, 6) is -1.34. The Morgan fingerprint density at radius 3 is 2.40 bits per heavy atom. The predicted molar refractivity (Wildman–Crippen MR) is 93.8 cm³/mol. The van der Waals surface area contributed by atoms with Crippen molar-refractivity contribution in [3.8, 4) is 6.07 Å². The van der Waals surface area contributed by atoms with Crippen LogP contribution >= 0.6 is 0 Å². The van der Waals surface area contributed by atoms with Crippen molar-refractivity contribution in [3.05, 3.63) is 23.3 Å². The lowest BCUT2D eigenvalue weighted by molar-refractivity contribution is 0.100. The van der Waals surface area contributed by atoms with Crippen molar-refractivity contribution in [1.82, 2.24) is 0 Å². The third-order valence-corrected chi connectivity index (χ3v) is 5.09. The van der Waals surface area contributed by atoms with Crippen LogP contribution in [0.15, 0.2) is 22.0 Å². The molecule has 134 valence electrons. The van der Waals surface area contributed by atoms with Crippen LogP contribution < -0.4 is 22.1 Å². The Bertz CT molecular complexity index is 860. The molecule has 0 bridgehead atoms. The molecule has 0 unspecified atom stereocenters. The summed E-state index contributed by atoms with van der Waals surface area (Å²) in [4.78, 5) is 17.3. The molecule has 0 aromatic heterocycles. The molecule has 1 fully saturated rings. The van der Waals surface area contributed by atoms with E-state index in [2.05, 4.69) is 4.99 Å². The van der Waals surface area contributed by atoms with Gasteiger partial charge in [-0.25, -0.2) is 8.42 Å². The van der Waals surface area contributed by atoms with Gasteiger partial charge in [0.05, 0.1) is 21.7 Å². The summed E-state index contributed by atoms with van der Waals surface area (Å²) in [5, 5.41) is 9.36. The topological polar surface area (TPSA) is 169 Å². The minimum atomic E-state index is -3.65. The number of carbonyl (C=O) groups excluding carboxylic acids is 1. The quantitative estimate of drug-likeness (QED) is 0.467. The number of anilines is 1. The van der Waals surface area contributed by atoms with Crippen LogP contribution in [-0.2, 0) is 9.84 Å². The standard InChI is InChI=1S/C15H20N6O3S/c1-25(23,24)13-7-11(14(22)20-15(18)19)9(8-16)6-12(13)21-4-2-10(17)3-5-21/h6-7,10H,2-5,17H2,1H3,(H4,18,19,20,22). The van der Waals surface area contributed by atoms with E-state index >= 15 is 0 Å². The van der Waals surface area contributed by atoms with Crippen LogP contribution in [0.4, 0.5) is 5.69 Å². The number of benzene rings is 1. The molecular formula is C15H20N6O3S. The average molecular weight is 364 g/mol. The molecule has 1 aromatic carbocycles. The zero-order chi connectivity index (χ0) is 18.8. The van der Waals surface area contributed by atoms with Gasteiger partial charge in [-0.15, -0.1) is 0 Å². The summed E-state index contributed by atoms with van der Waals surface area (Å²) in [6.45, 7) is 1.13. The molecule has 25 heavy (non-hydrogen) atoms. The number of guanidine groups is 1. The zero-order valence-electron chi connectivity index (χ0n) is 13.8. The van der Waals surface area contributed by atoms with Gasteiger partial charge in [0.2, 0.25) is 0 Å². The van der Waals surface area contributed by atoms with Gasteiger partial charge in [-0.05, 0) is 25.0 Å². The van der Waals surface area contributed by atoms with E-state index in [4.69, 9.17) is 17.2 Å². The number of carbonyl (C=O) groups is 1. The Labute approximate surface area is 146 Å². The molecular weight excluding hydrogens is 344 g/mol. The van der Waals surface area contributed by atoms with Crippen LogP contribution in [0, 0.1) is 11.3 Å². The molecule has 1 saturated heterocycles. The summed E-state index contributed by atoms with van der Waals surface area (Å²) in [5.41, 5.74) is 16.5. The molecule has 1 aliphatic rings. The van der Waals surface area contributed by atoms with E-state index in [1.54, 1.807) is 0 Å². The number of rotatable bonds is 3. The highest BCUT2D eigenvalue weighted by Crippen LogP contribution is 2.31. The minimum Gasteiger partial charge on any atom is -0.370 e. The number of aliphatic imine (C=N–C) groups is 1. The maximum atomic E-state index is 12.2. The van der Waals surface area contributed by atoms with Gasteiger partial charge in [-0.1, -0.05) is 0 Å². The predicted octanol–water partition coefficient (Wildman–Crippen LogP) is -0.697. The number of piperidine rings is 1. The lowest BCUT2D eigenvalue weighted by atomic mass is 10.0. The van der Waals surface area contributed by atoms with Gasteiger partial charge < -0.3 is 22.1 Å². The molecule has 0 atom stereocenters. The normalized spacial score (nSPS) is 15.5. The highest BCUT2D eigenvalue weighted by atomic mass is 32.2. The average Bonchev–Trinajstić information content (AvgIpc) is 2.52. The maximum absolute atomic E-state index is 12.2. The summed E-state index contributed by atoms with van der Waals surface area (Å²) >= 11 is 0. The molecule has 1 heterocycles. The Hall–Kier alpha value is -2.64. The van der Waals surface area contributed by atoms with E-state index < -0.39 is 21.7 Å². The number of sulfone groups is 1. The summed E-state index contributed by atoms with van der Waals surface area (Å²) in [6, 6.07) is 4.52. The van der Waals surface area contributed by atoms with Gasteiger partial charge in [0.25, 0.3) is 5.91 Å². The van der Waals surface area contributed by atoms with Crippen LogP contribution in [0.5, 0.6) is 0 Å². The zero-order valence-corrected chi connectivity index (χ0v) is 14.6. The van der Waals surface area contributed by atoms with Crippen molar-refractivity contribution in [3.63, 3.8) is 0 Å². The molecule has 0 radical (unpaired) electrons. The SMILES string of the molecule is CS(=O)(=O)c1cc(C(=O)N=C(N)N)c(C#N)cc1N1CCC(N)CC1. The van der Waals surface area contributed by atoms with Crippen LogP contribution in [0.2, 0.25) is 0 Å². The largest absolute Gasteiger partial charge is 0.370 e. The third kappa shape index (κ3) is 4.26. The van der Waals surface area contributed by atoms with Gasteiger partial charge in [0.15, 0.2) is 15.8 Å². The van der Waals surface area contributed by atoms with Crippen molar-refractivity contribution in [1.29, 1.82) is 5.26 Å². The van der Waals surface area contributed by atoms with Gasteiger partial charge in [-0.3, -0.25) is 4.79 Å². The molecule has 6 N–H and O–H groups in total. The number of nitriles is 1. The van der Waals surface area contributed by atoms with Gasteiger partial charge >= 0.3 is 0 Å². The van der Waals surface area contributed by atoms with E-state index in [1.807, 2.05) is 11.0 Å². The first-order valence-corrected chi connectivity index (χ1v) is 9.45. The minimum absolute atomic E-state index is 0.00673. The summed E-state index contributed by atoms with van der Waals surface area (Å²) in [6.07, 6.45) is 2.46. The van der Waals surface area contributed by atoms with E-state index in [9.17, 15) is 18.5 Å². The molecule has 0 spiro atoms. The van der Waals surface area contributed by atoms with Crippen molar-refractivity contribution in [2.45, 2.75) is 23.8 Å². The lowest BCUT2D eigenvalue weighted by Gasteiger charge is -2.33. The van der Waals surface area contributed by atoms with E-state index in [1.165, 1.54) is 6.07 Å². The van der Waals surface area contributed by atoms with Gasteiger partial charge in [0.1, 0.15) is 6.07 Å². The fourth-order valence-electron chi connectivity index (χ4n) is 2.70. The lowest BCUT2D eigenvalue weighted by Crippen LogP contribution is -2.40. The van der Waals surface area contributed by atoms with E-state index in [0.717, 1.165) is 12.3 Å². The highest BCUT2D eigenvalue weighted by Gasteiger charge is 2.26. The van der Waals surface area contributed by atoms with Crippen LogP contribution in [0.1, 0.15) is 28.8 Å².